The largest absolute Gasteiger partial charge is 3.00 e. The van der Waals surface area contributed by atoms with Gasteiger partial charge in [0, 0.05) is 11.5 Å². The fourth-order valence-electron chi connectivity index (χ4n) is 2.16. The van der Waals surface area contributed by atoms with E-state index in [1.54, 1.807) is 0 Å². The van der Waals surface area contributed by atoms with Gasteiger partial charge in [0.05, 0.1) is 36.5 Å². The molecular formula is C20H19IrN12O6. The maximum Gasteiger partial charge on any atom is 3.00 e. The van der Waals surface area contributed by atoms with E-state index in [1.165, 1.54) is 0 Å². The molecule has 0 atom stereocenters. The molecule has 0 unspecified atom stereocenters. The minimum absolute atomic E-state index is 0. The third kappa shape index (κ3) is 11.2. The van der Waals surface area contributed by atoms with Crippen molar-refractivity contribution in [3.05, 3.63) is 71.8 Å². The number of nitrogens with zero attached hydrogens (tertiary/aromatic N) is 8. The van der Waals surface area contributed by atoms with Crippen LogP contribution in [-0.4, -0.2) is 79.3 Å². The Bertz CT molecular complexity index is 1270. The van der Waals surface area contributed by atoms with Crippen molar-refractivity contribution in [1.29, 1.82) is 0 Å². The van der Waals surface area contributed by atoms with Gasteiger partial charge in [-0.15, -0.1) is 25.5 Å². The number of hydrogen-bond acceptors (Lipinski definition) is 14. The van der Waals surface area contributed by atoms with Crippen molar-refractivity contribution in [1.82, 2.24) is 61.4 Å². The average Bonchev–Trinajstić information content (AvgIpc) is 3.74. The molecule has 5 rings (SSSR count). The Kier molecular flexibility index (Phi) is 13.5. The summed E-state index contributed by atoms with van der Waals surface area (Å²) in [5.74, 6) is -1.80. The second-order valence-corrected chi connectivity index (χ2v) is 7.02. The standard InChI is InChI=1S/C11H13N3.3C3H3N3O2.Ir/c1-8(2)10-12-11(14-13-10)9-6-4-3-5-7-9;3*7-3(8)2-1-4-6-5-2;/h3-8H,1-2H3,(H,12,13,14);3*1H,(H,7,8)(H,4,5,6);/q;;;;+3/p-3. The van der Waals surface area contributed by atoms with Gasteiger partial charge in [0.25, 0.3) is 0 Å². The number of aromatic carboxylic acids is 3. The van der Waals surface area contributed by atoms with Gasteiger partial charge < -0.3 is 34.7 Å². The normalized spacial score (nSPS) is 9.41. The van der Waals surface area contributed by atoms with E-state index < -0.39 is 17.9 Å². The summed E-state index contributed by atoms with van der Waals surface area (Å²) in [4.78, 5) is 32.7. The van der Waals surface area contributed by atoms with Gasteiger partial charge >= 0.3 is 20.1 Å². The van der Waals surface area contributed by atoms with Gasteiger partial charge in [-0.2, -0.15) is 0 Å². The second kappa shape index (κ2) is 16.6. The van der Waals surface area contributed by atoms with Gasteiger partial charge in [-0.1, -0.05) is 59.8 Å². The van der Waals surface area contributed by atoms with Crippen LogP contribution in [0.3, 0.4) is 0 Å². The van der Waals surface area contributed by atoms with Crippen LogP contribution in [0.2, 0.25) is 0 Å². The van der Waals surface area contributed by atoms with Crippen LogP contribution < -0.4 is 15.3 Å². The molecule has 5 aromatic rings. The van der Waals surface area contributed by atoms with Crippen LogP contribution in [0.5, 0.6) is 0 Å². The van der Waals surface area contributed by atoms with Crippen molar-refractivity contribution in [3.8, 4) is 11.4 Å². The first-order chi connectivity index (χ1) is 18.2. The predicted molar refractivity (Wildman–Crippen MR) is 118 cm³/mol. The molecular weight excluding hydrogens is 697 g/mol. The summed E-state index contributed by atoms with van der Waals surface area (Å²) >= 11 is 0. The number of nitrogens with one attached hydrogen (secondary N) is 4. The van der Waals surface area contributed by atoms with Crippen LogP contribution in [0.25, 0.3) is 11.4 Å². The first-order valence-corrected chi connectivity index (χ1v) is 10.4. The number of carbonyl (C=O) groups excluding carboxylic acids is 3. The van der Waals surface area contributed by atoms with E-state index in [9.17, 15) is 29.7 Å². The Morgan fingerprint density at radius 1 is 0.667 bits per heavy atom. The van der Waals surface area contributed by atoms with E-state index in [0.29, 0.717) is 5.92 Å². The minimum atomic E-state index is -1.32. The molecule has 39 heavy (non-hydrogen) atoms. The van der Waals surface area contributed by atoms with E-state index in [1.807, 2.05) is 30.3 Å². The SMILES string of the molecule is CC(C)c1nnc(-c2ccccc2)[nH]1.O=C([O-])c1c[nH]nn1.O=C([O-])c1c[nH]nn1.O=C([O-])c1c[nH]nn1.[Ir+3]. The molecule has 0 fully saturated rings. The fourth-order valence-corrected chi connectivity index (χ4v) is 2.16. The predicted octanol–water partition coefficient (Wildman–Crippen LogP) is -2.90. The van der Waals surface area contributed by atoms with Crippen LogP contribution in [0.15, 0.2) is 48.9 Å². The Balaban J connectivity index is 0.000000268. The third-order valence-corrected chi connectivity index (χ3v) is 3.98. The van der Waals surface area contributed by atoms with Gasteiger partial charge in [0.15, 0.2) is 5.82 Å². The molecule has 0 spiro atoms. The van der Waals surface area contributed by atoms with Crippen molar-refractivity contribution >= 4 is 17.9 Å². The molecule has 4 heterocycles. The summed E-state index contributed by atoms with van der Waals surface area (Å²) in [6.45, 7) is 4.19. The molecule has 19 heteroatoms. The zero-order chi connectivity index (χ0) is 27.9. The number of rotatable bonds is 5. The number of hydrogen-bond donors (Lipinski definition) is 4. The summed E-state index contributed by atoms with van der Waals surface area (Å²) in [6, 6.07) is 10.0. The molecule has 204 valence electrons. The van der Waals surface area contributed by atoms with Crippen LogP contribution in [0, 0.1) is 0 Å². The van der Waals surface area contributed by atoms with Crippen LogP contribution in [-0.2, 0) is 20.1 Å². The maximum atomic E-state index is 9.83. The maximum absolute atomic E-state index is 9.83. The molecule has 0 amide bonds. The molecule has 18 nitrogen and oxygen atoms in total. The van der Waals surface area contributed by atoms with Crippen molar-refractivity contribution in [2.45, 2.75) is 19.8 Å². The van der Waals surface area contributed by atoms with Crippen LogP contribution >= 0.6 is 0 Å². The number of carbonyl (C=O) groups is 3. The summed E-state index contributed by atoms with van der Waals surface area (Å²) in [5.41, 5.74) is 0.548. The number of H-pyrrole nitrogens is 4. The Morgan fingerprint density at radius 3 is 1.33 bits per heavy atom. The molecule has 0 aliphatic carbocycles. The smallest absolute Gasteiger partial charge is 0.543 e. The molecule has 0 radical (unpaired) electrons. The van der Waals surface area contributed by atoms with E-state index in [4.69, 9.17) is 0 Å². The van der Waals surface area contributed by atoms with Gasteiger partial charge in [0.2, 0.25) is 0 Å². The van der Waals surface area contributed by atoms with Crippen molar-refractivity contribution in [2.24, 2.45) is 0 Å². The zero-order valence-corrected chi connectivity index (χ0v) is 22.5. The number of carboxylic acids is 3. The number of carboxylic acid groups (broad SMARTS) is 3. The Hall–Kier alpha value is -5.16. The Morgan fingerprint density at radius 2 is 1.08 bits per heavy atom. The second-order valence-electron chi connectivity index (χ2n) is 7.02. The van der Waals surface area contributed by atoms with E-state index in [2.05, 4.69) is 75.3 Å². The molecule has 0 saturated heterocycles. The molecule has 0 bridgehead atoms. The van der Waals surface area contributed by atoms with E-state index >= 15 is 0 Å². The summed E-state index contributed by atoms with van der Waals surface area (Å²) in [7, 11) is 0. The van der Waals surface area contributed by atoms with Crippen molar-refractivity contribution in [2.75, 3.05) is 0 Å². The molecule has 0 aliphatic rings. The van der Waals surface area contributed by atoms with Crippen LogP contribution in [0.4, 0.5) is 0 Å². The zero-order valence-electron chi connectivity index (χ0n) is 20.1. The first-order valence-electron chi connectivity index (χ1n) is 10.4. The number of benzene rings is 1. The summed E-state index contributed by atoms with van der Waals surface area (Å²) < 4.78 is 0. The van der Waals surface area contributed by atoms with E-state index in [0.717, 1.165) is 35.8 Å². The molecule has 4 aromatic heterocycles. The first kappa shape index (κ1) is 31.9. The molecule has 4 N–H and O–H groups in total. The van der Waals surface area contributed by atoms with Gasteiger partial charge in [0.1, 0.15) is 22.9 Å². The van der Waals surface area contributed by atoms with Gasteiger partial charge in [-0.25, -0.2) is 0 Å². The molecule has 0 aliphatic heterocycles. The van der Waals surface area contributed by atoms with Gasteiger partial charge in [-0.05, 0) is 0 Å². The van der Waals surface area contributed by atoms with Gasteiger partial charge in [-0.3, -0.25) is 15.3 Å². The van der Waals surface area contributed by atoms with Crippen molar-refractivity contribution in [3.63, 3.8) is 0 Å². The van der Waals surface area contributed by atoms with Crippen molar-refractivity contribution < 1.29 is 49.8 Å². The molecule has 0 saturated carbocycles. The van der Waals surface area contributed by atoms with E-state index in [-0.39, 0.29) is 37.2 Å². The number of aromatic amines is 4. The monoisotopic (exact) mass is 716 g/mol. The summed E-state index contributed by atoms with van der Waals surface area (Å²) in [6.07, 6.45) is 3.44. The average molecular weight is 716 g/mol. The third-order valence-electron chi connectivity index (χ3n) is 3.98. The minimum Gasteiger partial charge on any atom is -0.543 e. The molecule has 1 aromatic carbocycles. The Labute approximate surface area is 232 Å². The quantitative estimate of drug-likeness (QED) is 0.142. The topological polar surface area (TPSA) is 287 Å². The summed E-state index contributed by atoms with van der Waals surface area (Å²) in [5, 5.41) is 63.2. The fraction of sp³-hybridized carbons (Fsp3) is 0.150. The van der Waals surface area contributed by atoms with Crippen LogP contribution in [0.1, 0.15) is 57.1 Å². The number of aromatic nitrogens is 12.